The van der Waals surface area contributed by atoms with Gasteiger partial charge in [-0.25, -0.2) is 0 Å². The van der Waals surface area contributed by atoms with Crippen molar-refractivity contribution in [1.29, 1.82) is 0 Å². The first-order chi connectivity index (χ1) is 10.1. The van der Waals surface area contributed by atoms with Crippen LogP contribution in [0, 0.1) is 5.41 Å². The third kappa shape index (κ3) is 3.06. The molecule has 0 aromatic heterocycles. The number of hydrogen-bond acceptors (Lipinski definition) is 4. The van der Waals surface area contributed by atoms with Crippen LogP contribution in [-0.4, -0.2) is 73.7 Å². The summed E-state index contributed by atoms with van der Waals surface area (Å²) in [6, 6.07) is 0. The molecule has 0 radical (unpaired) electrons. The summed E-state index contributed by atoms with van der Waals surface area (Å²) in [5, 5.41) is 0. The highest BCUT2D eigenvalue weighted by atomic mass is 16.5. The summed E-state index contributed by atoms with van der Waals surface area (Å²) in [6.07, 6.45) is 3.59. The molecule has 2 aliphatic heterocycles. The fourth-order valence-corrected chi connectivity index (χ4v) is 3.72. The molecule has 0 aromatic rings. The van der Waals surface area contributed by atoms with Crippen LogP contribution in [0.2, 0.25) is 0 Å². The smallest absolute Gasteiger partial charge is 0.249 e. The van der Waals surface area contributed by atoms with E-state index in [4.69, 9.17) is 9.47 Å². The molecule has 21 heavy (non-hydrogen) atoms. The van der Waals surface area contributed by atoms with Gasteiger partial charge in [0.2, 0.25) is 11.8 Å². The second-order valence-corrected chi connectivity index (χ2v) is 6.42. The van der Waals surface area contributed by atoms with E-state index in [1.807, 2.05) is 11.8 Å². The zero-order valence-electron chi connectivity index (χ0n) is 12.7. The highest BCUT2D eigenvalue weighted by molar-refractivity contribution is 5.85. The minimum Gasteiger partial charge on any atom is -0.378 e. The Kier molecular flexibility index (Phi) is 4.17. The van der Waals surface area contributed by atoms with Crippen molar-refractivity contribution in [2.45, 2.75) is 32.3 Å². The number of ether oxygens (including phenoxy) is 2. The van der Waals surface area contributed by atoms with Gasteiger partial charge in [-0.3, -0.25) is 9.59 Å². The van der Waals surface area contributed by atoms with E-state index >= 15 is 0 Å². The third-order valence-corrected chi connectivity index (χ3v) is 4.92. The molecule has 6 nitrogen and oxygen atoms in total. The van der Waals surface area contributed by atoms with Crippen molar-refractivity contribution in [3.8, 4) is 0 Å². The van der Waals surface area contributed by atoms with Gasteiger partial charge < -0.3 is 19.3 Å². The van der Waals surface area contributed by atoms with E-state index in [0.29, 0.717) is 19.3 Å². The van der Waals surface area contributed by atoms with E-state index in [0.717, 1.165) is 39.0 Å². The lowest BCUT2D eigenvalue weighted by Gasteiger charge is -2.44. The van der Waals surface area contributed by atoms with Crippen LogP contribution in [0.5, 0.6) is 0 Å². The maximum absolute atomic E-state index is 12.4. The van der Waals surface area contributed by atoms with Crippen molar-refractivity contribution in [3.63, 3.8) is 0 Å². The molecule has 118 valence electrons. The summed E-state index contributed by atoms with van der Waals surface area (Å²) in [5.41, 5.74) is 0.282. The molecule has 3 rings (SSSR count). The topological polar surface area (TPSA) is 59.1 Å². The first kappa shape index (κ1) is 14.8. The average molecular weight is 296 g/mol. The molecule has 0 N–H and O–H groups in total. The van der Waals surface area contributed by atoms with Gasteiger partial charge in [0.15, 0.2) is 0 Å². The maximum atomic E-state index is 12.4. The first-order valence-electron chi connectivity index (χ1n) is 7.87. The Balaban J connectivity index is 1.48. The Labute approximate surface area is 125 Å². The molecule has 1 saturated carbocycles. The number of rotatable bonds is 4. The molecule has 3 fully saturated rings. The molecule has 2 amide bonds. The number of likely N-dealkylation sites (tertiary alicyclic amines) is 1. The minimum absolute atomic E-state index is 0.0713. The van der Waals surface area contributed by atoms with Gasteiger partial charge in [0.1, 0.15) is 6.61 Å². The summed E-state index contributed by atoms with van der Waals surface area (Å²) in [5.74, 6) is -0.00875. The fraction of sp³-hybridized carbons (Fsp3) is 0.867. The quantitative estimate of drug-likeness (QED) is 0.747. The van der Waals surface area contributed by atoms with Gasteiger partial charge in [-0.1, -0.05) is 0 Å². The number of carbonyl (C=O) groups is 2. The molecule has 2 heterocycles. The Hall–Kier alpha value is -1.14. The van der Waals surface area contributed by atoms with E-state index in [1.165, 1.54) is 0 Å². The summed E-state index contributed by atoms with van der Waals surface area (Å²) in [7, 11) is 0. The van der Waals surface area contributed by atoms with Crippen LogP contribution >= 0.6 is 0 Å². The van der Waals surface area contributed by atoms with Crippen LogP contribution in [0.25, 0.3) is 0 Å². The van der Waals surface area contributed by atoms with Crippen LogP contribution in [-0.2, 0) is 19.1 Å². The van der Waals surface area contributed by atoms with Gasteiger partial charge in [-0.15, -0.1) is 0 Å². The van der Waals surface area contributed by atoms with E-state index in [-0.39, 0.29) is 30.4 Å². The number of carbonyl (C=O) groups excluding carboxylic acids is 2. The molecular formula is C15H24N2O4. The summed E-state index contributed by atoms with van der Waals surface area (Å²) in [4.78, 5) is 27.6. The lowest BCUT2D eigenvalue weighted by atomic mass is 9.66. The molecule has 3 aliphatic rings. The molecule has 1 spiro atoms. The third-order valence-electron chi connectivity index (χ3n) is 4.92. The number of morpholine rings is 1. The first-order valence-corrected chi connectivity index (χ1v) is 7.87. The van der Waals surface area contributed by atoms with Gasteiger partial charge in [-0.05, 0) is 31.6 Å². The monoisotopic (exact) mass is 296 g/mol. The highest BCUT2D eigenvalue weighted by Gasteiger charge is 2.49. The maximum Gasteiger partial charge on any atom is 0.249 e. The highest BCUT2D eigenvalue weighted by Crippen LogP contribution is 2.49. The van der Waals surface area contributed by atoms with Gasteiger partial charge in [0.05, 0.1) is 19.3 Å². The normalized spacial score (nSPS) is 32.6. The van der Waals surface area contributed by atoms with E-state index in [2.05, 4.69) is 0 Å². The zero-order valence-corrected chi connectivity index (χ0v) is 12.7. The van der Waals surface area contributed by atoms with E-state index in [1.54, 1.807) is 4.90 Å². The summed E-state index contributed by atoms with van der Waals surface area (Å²) < 4.78 is 10.7. The molecule has 2 saturated heterocycles. The Morgan fingerprint density at radius 2 is 2.24 bits per heavy atom. The zero-order chi connectivity index (χ0) is 14.9. The molecule has 6 heteroatoms. The average Bonchev–Trinajstić information content (AvgIpc) is 2.87. The van der Waals surface area contributed by atoms with Crippen molar-refractivity contribution >= 4 is 11.8 Å². The van der Waals surface area contributed by atoms with Crippen LogP contribution in [0.15, 0.2) is 0 Å². The largest absolute Gasteiger partial charge is 0.378 e. The lowest BCUT2D eigenvalue weighted by molar-refractivity contribution is -0.148. The van der Waals surface area contributed by atoms with Crippen LogP contribution in [0.1, 0.15) is 26.2 Å². The Bertz CT molecular complexity index is 420. The number of hydrogen-bond donors (Lipinski definition) is 0. The summed E-state index contributed by atoms with van der Waals surface area (Å²) in [6.45, 7) is 5.79. The second kappa shape index (κ2) is 5.93. The van der Waals surface area contributed by atoms with Gasteiger partial charge in [-0.2, -0.15) is 0 Å². The minimum atomic E-state index is -0.0800. The van der Waals surface area contributed by atoms with Gasteiger partial charge >= 0.3 is 0 Å². The van der Waals surface area contributed by atoms with E-state index in [9.17, 15) is 9.59 Å². The standard InChI is InChI=1S/C15H24N2O4/c1-2-21-12-7-15(8-12)3-4-17(11-15)13(18)9-16-5-6-20-10-14(16)19/h12H,2-11H2,1H3. The van der Waals surface area contributed by atoms with Crippen molar-refractivity contribution in [1.82, 2.24) is 9.80 Å². The van der Waals surface area contributed by atoms with Crippen LogP contribution in [0.3, 0.4) is 0 Å². The molecule has 0 atom stereocenters. The van der Waals surface area contributed by atoms with Gasteiger partial charge in [0.25, 0.3) is 0 Å². The van der Waals surface area contributed by atoms with Crippen molar-refractivity contribution < 1.29 is 19.1 Å². The molecule has 0 unspecified atom stereocenters. The predicted molar refractivity (Wildman–Crippen MR) is 75.7 cm³/mol. The van der Waals surface area contributed by atoms with E-state index < -0.39 is 0 Å². The van der Waals surface area contributed by atoms with Crippen molar-refractivity contribution in [2.24, 2.45) is 5.41 Å². The predicted octanol–water partition coefficient (Wildman–Crippen LogP) is 0.263. The Morgan fingerprint density at radius 1 is 1.43 bits per heavy atom. The van der Waals surface area contributed by atoms with Crippen molar-refractivity contribution in [2.75, 3.05) is 46.0 Å². The Morgan fingerprint density at radius 3 is 2.95 bits per heavy atom. The molecular weight excluding hydrogens is 272 g/mol. The van der Waals surface area contributed by atoms with Crippen LogP contribution in [0.4, 0.5) is 0 Å². The fourth-order valence-electron chi connectivity index (χ4n) is 3.72. The lowest BCUT2D eigenvalue weighted by Crippen LogP contribution is -2.49. The number of amides is 2. The molecule has 0 bridgehead atoms. The summed E-state index contributed by atoms with van der Waals surface area (Å²) >= 11 is 0. The molecule has 0 aromatic carbocycles. The molecule has 1 aliphatic carbocycles. The SMILES string of the molecule is CCOC1CC2(CCN(C(=O)CN3CCOCC3=O)C2)C1. The van der Waals surface area contributed by atoms with Crippen molar-refractivity contribution in [3.05, 3.63) is 0 Å². The van der Waals surface area contributed by atoms with Crippen LogP contribution < -0.4 is 0 Å². The number of nitrogens with zero attached hydrogens (tertiary/aromatic N) is 2. The van der Waals surface area contributed by atoms with Gasteiger partial charge in [0, 0.05) is 26.2 Å². The second-order valence-electron chi connectivity index (χ2n) is 6.42.